The third-order valence-electron chi connectivity index (χ3n) is 5.43. The highest BCUT2D eigenvalue weighted by Gasteiger charge is 2.40. The summed E-state index contributed by atoms with van der Waals surface area (Å²) in [5, 5.41) is 7.78. The standard InChI is InChI=1S/C20H23N3O/c1-12-4-8-17(9-5-12)23-14(3)19(13(2)22-23)21-20(24)18-11-15-6-7-16(18)10-15/h4-9,15-16,18H,10-11H2,1-3H3,(H,21,24)/t15-,16-,18-/m0/s1. The molecule has 2 aromatic rings. The molecule has 1 fully saturated rings. The van der Waals surface area contributed by atoms with Gasteiger partial charge in [-0.15, -0.1) is 0 Å². The van der Waals surface area contributed by atoms with Gasteiger partial charge >= 0.3 is 0 Å². The van der Waals surface area contributed by atoms with Gasteiger partial charge in [0.15, 0.2) is 0 Å². The molecule has 1 saturated carbocycles. The van der Waals surface area contributed by atoms with E-state index in [0.29, 0.717) is 11.8 Å². The average Bonchev–Trinajstić information content (AvgIpc) is 3.26. The van der Waals surface area contributed by atoms with Crippen molar-refractivity contribution in [2.45, 2.75) is 33.6 Å². The Morgan fingerprint density at radius 2 is 1.88 bits per heavy atom. The van der Waals surface area contributed by atoms with Crippen LogP contribution in [0.1, 0.15) is 29.8 Å². The highest BCUT2D eigenvalue weighted by Crippen LogP contribution is 2.44. The highest BCUT2D eigenvalue weighted by molar-refractivity contribution is 5.94. The van der Waals surface area contributed by atoms with E-state index in [9.17, 15) is 4.79 Å². The summed E-state index contributed by atoms with van der Waals surface area (Å²) in [4.78, 5) is 12.7. The lowest BCUT2D eigenvalue weighted by Crippen LogP contribution is -2.26. The molecule has 4 nitrogen and oxygen atoms in total. The maximum Gasteiger partial charge on any atom is 0.228 e. The van der Waals surface area contributed by atoms with Gasteiger partial charge in [0.1, 0.15) is 0 Å². The summed E-state index contributed by atoms with van der Waals surface area (Å²) in [6.45, 7) is 6.03. The Balaban J connectivity index is 1.59. The topological polar surface area (TPSA) is 46.9 Å². The Kier molecular flexibility index (Phi) is 3.56. The molecule has 4 heteroatoms. The fourth-order valence-electron chi connectivity index (χ4n) is 4.06. The number of carbonyl (C=O) groups excluding carboxylic acids is 1. The number of amides is 1. The zero-order chi connectivity index (χ0) is 16.8. The average molecular weight is 321 g/mol. The van der Waals surface area contributed by atoms with Gasteiger partial charge in [0, 0.05) is 5.92 Å². The summed E-state index contributed by atoms with van der Waals surface area (Å²) in [5.74, 6) is 1.27. The molecule has 1 aromatic carbocycles. The minimum absolute atomic E-state index is 0.113. The fourth-order valence-corrected chi connectivity index (χ4v) is 4.06. The van der Waals surface area contributed by atoms with Crippen molar-refractivity contribution >= 4 is 11.6 Å². The number of aromatic nitrogens is 2. The molecule has 0 unspecified atom stereocenters. The van der Waals surface area contributed by atoms with Crippen molar-refractivity contribution in [2.24, 2.45) is 17.8 Å². The van der Waals surface area contributed by atoms with Crippen molar-refractivity contribution in [3.63, 3.8) is 0 Å². The molecule has 0 saturated heterocycles. The van der Waals surface area contributed by atoms with Crippen LogP contribution in [0, 0.1) is 38.5 Å². The van der Waals surface area contributed by atoms with E-state index < -0.39 is 0 Å². The third kappa shape index (κ3) is 2.46. The van der Waals surface area contributed by atoms with E-state index in [1.54, 1.807) is 0 Å². The van der Waals surface area contributed by atoms with Crippen LogP contribution >= 0.6 is 0 Å². The van der Waals surface area contributed by atoms with Gasteiger partial charge in [-0.2, -0.15) is 5.10 Å². The highest BCUT2D eigenvalue weighted by atomic mass is 16.1. The van der Waals surface area contributed by atoms with Crippen molar-refractivity contribution in [1.82, 2.24) is 9.78 Å². The van der Waals surface area contributed by atoms with Crippen LogP contribution in [0.25, 0.3) is 5.69 Å². The van der Waals surface area contributed by atoms with Crippen LogP contribution in [0.5, 0.6) is 0 Å². The summed E-state index contributed by atoms with van der Waals surface area (Å²) in [6, 6.07) is 8.26. The zero-order valence-electron chi connectivity index (χ0n) is 14.4. The van der Waals surface area contributed by atoms with Gasteiger partial charge in [-0.3, -0.25) is 4.79 Å². The summed E-state index contributed by atoms with van der Waals surface area (Å²) in [5.41, 5.74) is 4.93. The maximum absolute atomic E-state index is 12.7. The smallest absolute Gasteiger partial charge is 0.228 e. The Morgan fingerprint density at radius 3 is 2.50 bits per heavy atom. The molecule has 0 aliphatic heterocycles. The maximum atomic E-state index is 12.7. The van der Waals surface area contributed by atoms with E-state index in [0.717, 1.165) is 35.6 Å². The molecular formula is C20H23N3O. The Hall–Kier alpha value is -2.36. The normalized spacial score (nSPS) is 24.5. The number of hydrogen-bond acceptors (Lipinski definition) is 2. The molecule has 2 bridgehead atoms. The number of aryl methyl sites for hydroxylation is 2. The third-order valence-corrected chi connectivity index (χ3v) is 5.43. The molecule has 0 radical (unpaired) electrons. The molecule has 24 heavy (non-hydrogen) atoms. The second-order valence-corrected chi connectivity index (χ2v) is 7.17. The molecule has 2 aliphatic rings. The second-order valence-electron chi connectivity index (χ2n) is 7.17. The minimum atomic E-state index is 0.113. The number of allylic oxidation sites excluding steroid dienone is 2. The number of fused-ring (bicyclic) bond motifs is 2. The Labute approximate surface area is 142 Å². The molecular weight excluding hydrogens is 298 g/mol. The van der Waals surface area contributed by atoms with Crippen LogP contribution in [0.2, 0.25) is 0 Å². The fraction of sp³-hybridized carbons (Fsp3) is 0.400. The number of rotatable bonds is 3. The van der Waals surface area contributed by atoms with Crippen LogP contribution in [0.15, 0.2) is 36.4 Å². The molecule has 4 rings (SSSR count). The summed E-state index contributed by atoms with van der Waals surface area (Å²) in [6.07, 6.45) is 6.60. The van der Waals surface area contributed by atoms with Gasteiger partial charge in [0.25, 0.3) is 0 Å². The van der Waals surface area contributed by atoms with Crippen molar-refractivity contribution in [1.29, 1.82) is 0 Å². The largest absolute Gasteiger partial charge is 0.323 e. The number of anilines is 1. The van der Waals surface area contributed by atoms with Gasteiger partial charge < -0.3 is 5.32 Å². The second kappa shape index (κ2) is 5.62. The van der Waals surface area contributed by atoms with Crippen molar-refractivity contribution in [3.8, 4) is 5.69 Å². The van der Waals surface area contributed by atoms with Gasteiger partial charge in [0.05, 0.1) is 22.8 Å². The predicted molar refractivity (Wildman–Crippen MR) is 95.2 cm³/mol. The van der Waals surface area contributed by atoms with E-state index in [1.807, 2.05) is 18.5 Å². The molecule has 0 spiro atoms. The van der Waals surface area contributed by atoms with Gasteiger partial charge in [-0.1, -0.05) is 29.8 Å². The SMILES string of the molecule is Cc1ccc(-n2nc(C)c(NC(=O)[C@H]3C[C@H]4C=C[C@H]3C4)c2C)cc1. The first kappa shape index (κ1) is 15.2. The van der Waals surface area contributed by atoms with Crippen molar-refractivity contribution < 1.29 is 4.79 Å². The number of nitrogens with one attached hydrogen (secondary N) is 1. The molecule has 1 aromatic heterocycles. The number of hydrogen-bond donors (Lipinski definition) is 1. The minimum Gasteiger partial charge on any atom is -0.323 e. The lowest BCUT2D eigenvalue weighted by molar-refractivity contribution is -0.120. The monoisotopic (exact) mass is 321 g/mol. The van der Waals surface area contributed by atoms with E-state index in [2.05, 4.69) is 53.8 Å². The Bertz CT molecular complexity index is 816. The summed E-state index contributed by atoms with van der Waals surface area (Å²) < 4.78 is 1.91. The Morgan fingerprint density at radius 1 is 1.12 bits per heavy atom. The van der Waals surface area contributed by atoms with E-state index in [-0.39, 0.29) is 11.8 Å². The summed E-state index contributed by atoms with van der Waals surface area (Å²) in [7, 11) is 0. The molecule has 1 N–H and O–H groups in total. The number of nitrogens with zero attached hydrogens (tertiary/aromatic N) is 2. The first-order valence-electron chi connectivity index (χ1n) is 8.65. The molecule has 1 heterocycles. The summed E-state index contributed by atoms with van der Waals surface area (Å²) >= 11 is 0. The van der Waals surface area contributed by atoms with E-state index in [4.69, 9.17) is 0 Å². The van der Waals surface area contributed by atoms with E-state index in [1.165, 1.54) is 5.56 Å². The molecule has 1 amide bonds. The van der Waals surface area contributed by atoms with Crippen LogP contribution in [-0.2, 0) is 4.79 Å². The zero-order valence-corrected chi connectivity index (χ0v) is 14.4. The van der Waals surface area contributed by atoms with E-state index >= 15 is 0 Å². The first-order valence-corrected chi connectivity index (χ1v) is 8.65. The van der Waals surface area contributed by atoms with Gasteiger partial charge in [0.2, 0.25) is 5.91 Å². The van der Waals surface area contributed by atoms with Crippen LogP contribution in [-0.4, -0.2) is 15.7 Å². The number of carbonyl (C=O) groups is 1. The molecule has 2 aliphatic carbocycles. The molecule has 3 atom stereocenters. The quantitative estimate of drug-likeness (QED) is 0.870. The predicted octanol–water partition coefficient (Wildman–Crippen LogP) is 3.95. The van der Waals surface area contributed by atoms with Crippen molar-refractivity contribution in [2.75, 3.05) is 5.32 Å². The van der Waals surface area contributed by atoms with Gasteiger partial charge in [-0.25, -0.2) is 4.68 Å². The van der Waals surface area contributed by atoms with Crippen LogP contribution in [0.3, 0.4) is 0 Å². The molecule has 124 valence electrons. The lowest BCUT2D eigenvalue weighted by atomic mass is 9.93. The first-order chi connectivity index (χ1) is 11.5. The van der Waals surface area contributed by atoms with Crippen molar-refractivity contribution in [3.05, 3.63) is 53.4 Å². The van der Waals surface area contributed by atoms with Gasteiger partial charge in [-0.05, 0) is 57.6 Å². The van der Waals surface area contributed by atoms with Crippen LogP contribution in [0.4, 0.5) is 5.69 Å². The number of benzene rings is 1. The van der Waals surface area contributed by atoms with Crippen LogP contribution < -0.4 is 5.32 Å². The lowest BCUT2D eigenvalue weighted by Gasteiger charge is -2.17.